The van der Waals surface area contributed by atoms with Crippen LogP contribution in [-0.2, 0) is 23.9 Å². The zero-order valence-corrected chi connectivity index (χ0v) is 20.1. The van der Waals surface area contributed by atoms with Crippen LogP contribution in [0.3, 0.4) is 0 Å². The summed E-state index contributed by atoms with van der Waals surface area (Å²) in [4.78, 5) is 38.3. The highest BCUT2D eigenvalue weighted by atomic mass is 16.6. The van der Waals surface area contributed by atoms with Gasteiger partial charge in [0.2, 0.25) is 0 Å². The molecule has 1 unspecified atom stereocenters. The standard InChI is InChI=1S/C28H36O5/c1-15-25(31)33-23-13-27(15,3)32-14-17(23)19-8-7-18-16-5-6-21-22(29)9-10-24(30)28(21,4)20(16)11-12-26(18,19)2/h9-10,16-21,23H,1,5-8,11-14H2,2-4H3/t16-,17-,18-,19+,20-,21?,23+,26-,27+,28+/m0/s1. The molecule has 5 heteroatoms. The van der Waals surface area contributed by atoms with E-state index in [0.29, 0.717) is 36.4 Å². The van der Waals surface area contributed by atoms with Crippen LogP contribution in [-0.4, -0.2) is 35.8 Å². The van der Waals surface area contributed by atoms with Crippen LogP contribution in [0, 0.1) is 46.3 Å². The molecule has 33 heavy (non-hydrogen) atoms. The molecule has 0 aromatic rings. The summed E-state index contributed by atoms with van der Waals surface area (Å²) in [5, 5.41) is 0. The third kappa shape index (κ3) is 2.72. The number of carbonyl (C=O) groups is 3. The molecule has 5 nitrogen and oxygen atoms in total. The van der Waals surface area contributed by atoms with Gasteiger partial charge in [0.1, 0.15) is 11.7 Å². The molecule has 10 atom stereocenters. The number of ether oxygens (including phenoxy) is 2. The van der Waals surface area contributed by atoms with Crippen molar-refractivity contribution >= 4 is 17.5 Å². The Morgan fingerprint density at radius 3 is 2.39 bits per heavy atom. The van der Waals surface area contributed by atoms with Crippen molar-refractivity contribution in [3.8, 4) is 0 Å². The van der Waals surface area contributed by atoms with Crippen LogP contribution in [0.25, 0.3) is 0 Å². The largest absolute Gasteiger partial charge is 0.458 e. The summed E-state index contributed by atoms with van der Waals surface area (Å²) in [5.74, 6) is 1.86. The molecular weight excluding hydrogens is 416 g/mol. The maximum absolute atomic E-state index is 13.1. The van der Waals surface area contributed by atoms with Crippen molar-refractivity contribution in [2.45, 2.75) is 77.4 Å². The van der Waals surface area contributed by atoms with E-state index >= 15 is 0 Å². The van der Waals surface area contributed by atoms with Gasteiger partial charge in [-0.05, 0) is 86.7 Å². The minimum Gasteiger partial charge on any atom is -0.458 e. The van der Waals surface area contributed by atoms with Crippen molar-refractivity contribution in [2.24, 2.45) is 46.3 Å². The molecule has 6 rings (SSSR count). The van der Waals surface area contributed by atoms with E-state index in [2.05, 4.69) is 20.4 Å². The Kier molecular flexibility index (Phi) is 4.55. The van der Waals surface area contributed by atoms with E-state index in [9.17, 15) is 14.4 Å². The highest BCUT2D eigenvalue weighted by Crippen LogP contribution is 2.67. The fraction of sp³-hybridized carbons (Fsp3) is 0.750. The van der Waals surface area contributed by atoms with Gasteiger partial charge in [0.15, 0.2) is 11.6 Å². The highest BCUT2D eigenvalue weighted by molar-refractivity contribution is 6.09. The molecule has 0 N–H and O–H groups in total. The van der Waals surface area contributed by atoms with Gasteiger partial charge in [0.25, 0.3) is 0 Å². The van der Waals surface area contributed by atoms with E-state index in [1.165, 1.54) is 6.08 Å². The Balaban J connectivity index is 1.28. The van der Waals surface area contributed by atoms with Gasteiger partial charge in [-0.2, -0.15) is 0 Å². The predicted molar refractivity (Wildman–Crippen MR) is 122 cm³/mol. The third-order valence-corrected chi connectivity index (χ3v) is 11.4. The van der Waals surface area contributed by atoms with Crippen LogP contribution in [0.1, 0.15) is 65.7 Å². The molecule has 2 aliphatic heterocycles. The Labute approximate surface area is 196 Å². The van der Waals surface area contributed by atoms with Crippen LogP contribution in [0.2, 0.25) is 0 Å². The molecule has 6 aliphatic rings. The van der Waals surface area contributed by atoms with Crippen molar-refractivity contribution in [1.82, 2.24) is 0 Å². The van der Waals surface area contributed by atoms with E-state index < -0.39 is 11.0 Å². The lowest BCUT2D eigenvalue weighted by Gasteiger charge is -2.59. The highest BCUT2D eigenvalue weighted by Gasteiger charge is 2.64. The molecule has 2 heterocycles. The molecule has 0 aromatic carbocycles. The van der Waals surface area contributed by atoms with Crippen LogP contribution in [0.4, 0.5) is 0 Å². The van der Waals surface area contributed by atoms with Gasteiger partial charge >= 0.3 is 5.97 Å². The minimum absolute atomic E-state index is 0.101. The van der Waals surface area contributed by atoms with Gasteiger partial charge in [0, 0.05) is 23.7 Å². The zero-order chi connectivity index (χ0) is 23.3. The normalized spacial score (nSPS) is 53.2. The smallest absolute Gasteiger partial charge is 0.336 e. The maximum Gasteiger partial charge on any atom is 0.336 e. The summed E-state index contributed by atoms with van der Waals surface area (Å²) in [6.07, 6.45) is 9.89. The molecule has 0 spiro atoms. The van der Waals surface area contributed by atoms with Gasteiger partial charge in [-0.15, -0.1) is 0 Å². The second-order valence-corrected chi connectivity index (χ2v) is 12.4. The molecule has 0 amide bonds. The van der Waals surface area contributed by atoms with Crippen molar-refractivity contribution < 1.29 is 23.9 Å². The zero-order valence-electron chi connectivity index (χ0n) is 20.1. The number of rotatable bonds is 1. The summed E-state index contributed by atoms with van der Waals surface area (Å²) in [6, 6.07) is 0. The second-order valence-electron chi connectivity index (χ2n) is 12.4. The number of hydrogen-bond acceptors (Lipinski definition) is 5. The molecular formula is C28H36O5. The lowest BCUT2D eigenvalue weighted by atomic mass is 9.44. The first-order valence-corrected chi connectivity index (χ1v) is 12.9. The predicted octanol–water partition coefficient (Wildman–Crippen LogP) is 4.45. The SMILES string of the molecule is C=C1C(=O)O[C@@H]2C[C@@]1(C)OC[C@H]2[C@H]1CC[C@H]2[C@@H]3CCC4C(=O)C=CC(=O)[C@]4(C)[C@H]3CC[C@]12C. The molecule has 0 radical (unpaired) electrons. The fourth-order valence-corrected chi connectivity index (χ4v) is 9.46. The van der Waals surface area contributed by atoms with E-state index in [-0.39, 0.29) is 46.8 Å². The van der Waals surface area contributed by atoms with Gasteiger partial charge in [0.05, 0.1) is 12.2 Å². The van der Waals surface area contributed by atoms with Gasteiger partial charge in [-0.1, -0.05) is 20.4 Å². The lowest BCUT2D eigenvalue weighted by molar-refractivity contribution is -0.201. The summed E-state index contributed by atoms with van der Waals surface area (Å²) in [6.45, 7) is 11.0. The van der Waals surface area contributed by atoms with Crippen molar-refractivity contribution in [3.63, 3.8) is 0 Å². The molecule has 0 aromatic heterocycles. The first kappa shape index (κ1) is 21.8. The number of fused-ring (bicyclic) bond motifs is 7. The Hall–Kier alpha value is -1.75. The van der Waals surface area contributed by atoms with Crippen LogP contribution < -0.4 is 0 Å². The molecule has 5 fully saturated rings. The van der Waals surface area contributed by atoms with Gasteiger partial charge in [-0.25, -0.2) is 4.79 Å². The van der Waals surface area contributed by atoms with E-state index in [0.717, 1.165) is 38.5 Å². The first-order chi connectivity index (χ1) is 15.6. The van der Waals surface area contributed by atoms with E-state index in [4.69, 9.17) is 9.47 Å². The number of hydrogen-bond donors (Lipinski definition) is 0. The Morgan fingerprint density at radius 1 is 0.909 bits per heavy atom. The number of ketones is 2. The molecule has 4 aliphatic carbocycles. The topological polar surface area (TPSA) is 69.7 Å². The second kappa shape index (κ2) is 6.90. The summed E-state index contributed by atoms with van der Waals surface area (Å²) >= 11 is 0. The average molecular weight is 453 g/mol. The Morgan fingerprint density at radius 2 is 1.64 bits per heavy atom. The number of esters is 1. The van der Waals surface area contributed by atoms with Crippen molar-refractivity contribution in [2.75, 3.05) is 6.61 Å². The molecule has 3 saturated carbocycles. The van der Waals surface area contributed by atoms with Crippen LogP contribution in [0.15, 0.2) is 24.3 Å². The first-order valence-electron chi connectivity index (χ1n) is 12.9. The average Bonchev–Trinajstić information content (AvgIpc) is 3.12. The van der Waals surface area contributed by atoms with E-state index in [1.807, 2.05) is 6.92 Å². The maximum atomic E-state index is 13.1. The summed E-state index contributed by atoms with van der Waals surface area (Å²) in [7, 11) is 0. The van der Waals surface area contributed by atoms with Crippen LogP contribution in [0.5, 0.6) is 0 Å². The number of allylic oxidation sites excluding steroid dienone is 2. The van der Waals surface area contributed by atoms with Gasteiger partial charge < -0.3 is 9.47 Å². The molecule has 2 bridgehead atoms. The number of carbonyl (C=O) groups excluding carboxylic acids is 3. The lowest BCUT2D eigenvalue weighted by Crippen LogP contribution is -2.59. The quantitative estimate of drug-likeness (QED) is 0.434. The third-order valence-electron chi connectivity index (χ3n) is 11.4. The van der Waals surface area contributed by atoms with E-state index in [1.54, 1.807) is 6.08 Å². The fourth-order valence-electron chi connectivity index (χ4n) is 9.46. The molecule has 2 saturated heterocycles. The van der Waals surface area contributed by atoms with Gasteiger partial charge in [-0.3, -0.25) is 9.59 Å². The van der Waals surface area contributed by atoms with Crippen molar-refractivity contribution in [3.05, 3.63) is 24.3 Å². The van der Waals surface area contributed by atoms with Crippen LogP contribution >= 0.6 is 0 Å². The van der Waals surface area contributed by atoms with Crippen molar-refractivity contribution in [1.29, 1.82) is 0 Å². The monoisotopic (exact) mass is 452 g/mol. The summed E-state index contributed by atoms with van der Waals surface area (Å²) in [5.41, 5.74) is -0.534. The summed E-state index contributed by atoms with van der Waals surface area (Å²) < 4.78 is 12.2. The molecule has 178 valence electrons. The minimum atomic E-state index is -0.596. The Bertz CT molecular complexity index is 981.